The van der Waals surface area contributed by atoms with Crippen LogP contribution in [0, 0.1) is 0 Å². The molecule has 1 amide bonds. The predicted molar refractivity (Wildman–Crippen MR) is 67.5 cm³/mol. The van der Waals surface area contributed by atoms with Gasteiger partial charge >= 0.3 is 0 Å². The third-order valence-corrected chi connectivity index (χ3v) is 2.25. The predicted octanol–water partition coefficient (Wildman–Crippen LogP) is -0.210. The van der Waals surface area contributed by atoms with E-state index in [-0.39, 0.29) is 5.91 Å². The highest BCUT2D eigenvalue weighted by atomic mass is 127. The Morgan fingerprint density at radius 3 is 2.27 bits per heavy atom. The van der Waals surface area contributed by atoms with Crippen molar-refractivity contribution < 1.29 is 14.3 Å². The van der Waals surface area contributed by atoms with Crippen LogP contribution in [0.1, 0.15) is 0 Å². The molecule has 2 N–H and O–H groups in total. The summed E-state index contributed by atoms with van der Waals surface area (Å²) in [5.74, 6) is 0.0458. The summed E-state index contributed by atoms with van der Waals surface area (Å²) < 4.78 is 11.0. The van der Waals surface area contributed by atoms with Crippen molar-refractivity contribution in [3.05, 3.63) is 0 Å². The molecule has 5 nitrogen and oxygen atoms in total. The summed E-state index contributed by atoms with van der Waals surface area (Å²) in [6.45, 7) is 3.83. The molecular formula is C9H19IN2O3. The number of rotatable bonds is 10. The van der Waals surface area contributed by atoms with E-state index in [0.29, 0.717) is 37.4 Å². The number of ether oxygens (including phenoxy) is 2. The lowest BCUT2D eigenvalue weighted by Gasteiger charge is -2.06. The molecule has 0 spiro atoms. The van der Waals surface area contributed by atoms with Gasteiger partial charge in [-0.2, -0.15) is 0 Å². The van der Waals surface area contributed by atoms with Gasteiger partial charge in [-0.3, -0.25) is 4.79 Å². The van der Waals surface area contributed by atoms with Crippen molar-refractivity contribution in [2.45, 2.75) is 0 Å². The Balaban J connectivity index is 2.95. The Morgan fingerprint density at radius 1 is 1.13 bits per heavy atom. The van der Waals surface area contributed by atoms with Gasteiger partial charge in [0.15, 0.2) is 0 Å². The summed E-state index contributed by atoms with van der Waals surface area (Å²) in [6.07, 6.45) is 0. The lowest BCUT2D eigenvalue weighted by molar-refractivity contribution is -0.118. The van der Waals surface area contributed by atoms with Gasteiger partial charge in [-0.25, -0.2) is 0 Å². The smallest absolute Gasteiger partial charge is 0.229 e. The molecule has 0 aliphatic carbocycles. The molecular weight excluding hydrogens is 311 g/mol. The quantitative estimate of drug-likeness (QED) is 0.331. The van der Waals surface area contributed by atoms with Crippen molar-refractivity contribution in [3.8, 4) is 0 Å². The average molecular weight is 330 g/mol. The van der Waals surface area contributed by atoms with Crippen LogP contribution in [0.2, 0.25) is 0 Å². The van der Waals surface area contributed by atoms with Crippen molar-refractivity contribution in [1.29, 1.82) is 0 Å². The molecule has 0 atom stereocenters. The fourth-order valence-electron chi connectivity index (χ4n) is 0.806. The standard InChI is InChI=1S/C9H19IN2O3/c1-11-2-4-14-6-7-15-5-3-12-9(13)8-10/h11H,2-8H2,1H3,(H,12,13). The Bertz CT molecular complexity index is 158. The van der Waals surface area contributed by atoms with Crippen LogP contribution in [0.4, 0.5) is 0 Å². The van der Waals surface area contributed by atoms with Crippen molar-refractivity contribution in [3.63, 3.8) is 0 Å². The van der Waals surface area contributed by atoms with E-state index in [0.717, 1.165) is 6.54 Å². The first-order valence-electron chi connectivity index (χ1n) is 4.94. The zero-order chi connectivity index (χ0) is 11.4. The van der Waals surface area contributed by atoms with Crippen LogP contribution in [-0.4, -0.2) is 56.9 Å². The Hall–Kier alpha value is 0.0800. The Morgan fingerprint density at radius 2 is 1.73 bits per heavy atom. The number of nitrogens with one attached hydrogen (secondary N) is 2. The highest BCUT2D eigenvalue weighted by Gasteiger charge is 1.95. The average Bonchev–Trinajstić information content (AvgIpc) is 2.26. The number of alkyl halides is 1. The van der Waals surface area contributed by atoms with Crippen LogP contribution < -0.4 is 10.6 Å². The van der Waals surface area contributed by atoms with Gasteiger partial charge in [0, 0.05) is 13.1 Å². The first-order chi connectivity index (χ1) is 7.31. The maximum atomic E-state index is 10.8. The SMILES string of the molecule is CNCCOCCOCCNC(=O)CI. The Kier molecular flexibility index (Phi) is 12.2. The summed E-state index contributed by atoms with van der Waals surface area (Å²) >= 11 is 2.02. The molecule has 0 aromatic rings. The normalized spacial score (nSPS) is 10.3. The third-order valence-electron chi connectivity index (χ3n) is 1.56. The van der Waals surface area contributed by atoms with Crippen LogP contribution in [-0.2, 0) is 14.3 Å². The van der Waals surface area contributed by atoms with Crippen LogP contribution in [0.25, 0.3) is 0 Å². The highest BCUT2D eigenvalue weighted by Crippen LogP contribution is 1.80. The van der Waals surface area contributed by atoms with Gasteiger partial charge in [0.2, 0.25) is 5.91 Å². The molecule has 0 saturated carbocycles. The molecule has 0 unspecified atom stereocenters. The topological polar surface area (TPSA) is 59.6 Å². The number of likely N-dealkylation sites (N-methyl/N-ethyl adjacent to an activating group) is 1. The number of halogens is 1. The zero-order valence-electron chi connectivity index (χ0n) is 9.05. The summed E-state index contributed by atoms with van der Waals surface area (Å²) in [5.41, 5.74) is 0. The molecule has 90 valence electrons. The zero-order valence-corrected chi connectivity index (χ0v) is 11.2. The number of carbonyl (C=O) groups excluding carboxylic acids is 1. The second-order valence-corrected chi connectivity index (χ2v) is 3.57. The fourth-order valence-corrected chi connectivity index (χ4v) is 1.08. The van der Waals surface area contributed by atoms with Gasteiger partial charge in [0.05, 0.1) is 30.9 Å². The summed E-state index contributed by atoms with van der Waals surface area (Å²) in [4.78, 5) is 10.8. The first kappa shape index (κ1) is 15.1. The maximum absolute atomic E-state index is 10.8. The number of amides is 1. The summed E-state index contributed by atoms with van der Waals surface area (Å²) in [5, 5.41) is 5.71. The molecule has 0 heterocycles. The fraction of sp³-hybridized carbons (Fsp3) is 0.889. The minimum atomic E-state index is 0.0458. The van der Waals surface area contributed by atoms with Crippen molar-refractivity contribution in [2.75, 3.05) is 51.0 Å². The number of hydrogen-bond acceptors (Lipinski definition) is 4. The molecule has 0 aromatic carbocycles. The lowest BCUT2D eigenvalue weighted by Crippen LogP contribution is -2.28. The van der Waals surface area contributed by atoms with Crippen molar-refractivity contribution in [1.82, 2.24) is 10.6 Å². The molecule has 0 radical (unpaired) electrons. The van der Waals surface area contributed by atoms with Gasteiger partial charge < -0.3 is 20.1 Å². The first-order valence-corrected chi connectivity index (χ1v) is 6.46. The van der Waals surface area contributed by atoms with E-state index < -0.39 is 0 Å². The minimum absolute atomic E-state index is 0.0458. The maximum Gasteiger partial charge on any atom is 0.229 e. The molecule has 0 aliphatic rings. The molecule has 0 aromatic heterocycles. The lowest BCUT2D eigenvalue weighted by atomic mass is 10.6. The largest absolute Gasteiger partial charge is 0.378 e. The molecule has 0 fully saturated rings. The Labute approximate surface area is 104 Å². The number of hydrogen-bond donors (Lipinski definition) is 2. The molecule has 0 bridgehead atoms. The van der Waals surface area contributed by atoms with Gasteiger partial charge in [0.1, 0.15) is 0 Å². The van der Waals surface area contributed by atoms with E-state index in [1.54, 1.807) is 0 Å². The minimum Gasteiger partial charge on any atom is -0.378 e. The van der Waals surface area contributed by atoms with Gasteiger partial charge in [-0.15, -0.1) is 0 Å². The van der Waals surface area contributed by atoms with Gasteiger partial charge in [-0.05, 0) is 7.05 Å². The van der Waals surface area contributed by atoms with E-state index in [1.807, 2.05) is 29.6 Å². The van der Waals surface area contributed by atoms with E-state index in [2.05, 4.69) is 10.6 Å². The molecule has 0 rings (SSSR count). The molecule has 6 heteroatoms. The summed E-state index contributed by atoms with van der Waals surface area (Å²) in [6, 6.07) is 0. The second kappa shape index (κ2) is 12.2. The van der Waals surface area contributed by atoms with E-state index in [4.69, 9.17) is 9.47 Å². The number of carbonyl (C=O) groups is 1. The molecule has 0 saturated heterocycles. The summed E-state index contributed by atoms with van der Waals surface area (Å²) in [7, 11) is 1.88. The van der Waals surface area contributed by atoms with Crippen LogP contribution in [0.5, 0.6) is 0 Å². The molecule has 15 heavy (non-hydrogen) atoms. The van der Waals surface area contributed by atoms with Gasteiger partial charge in [-0.1, -0.05) is 22.6 Å². The van der Waals surface area contributed by atoms with Gasteiger partial charge in [0.25, 0.3) is 0 Å². The van der Waals surface area contributed by atoms with Crippen LogP contribution >= 0.6 is 22.6 Å². The third kappa shape index (κ3) is 12.0. The molecule has 0 aliphatic heterocycles. The van der Waals surface area contributed by atoms with Crippen molar-refractivity contribution in [2.24, 2.45) is 0 Å². The second-order valence-electron chi connectivity index (χ2n) is 2.81. The van der Waals surface area contributed by atoms with E-state index in [9.17, 15) is 4.79 Å². The van der Waals surface area contributed by atoms with Crippen molar-refractivity contribution >= 4 is 28.5 Å². The highest BCUT2D eigenvalue weighted by molar-refractivity contribution is 14.1. The van der Waals surface area contributed by atoms with Crippen LogP contribution in [0.15, 0.2) is 0 Å². The van der Waals surface area contributed by atoms with E-state index >= 15 is 0 Å². The monoisotopic (exact) mass is 330 g/mol. The van der Waals surface area contributed by atoms with E-state index in [1.165, 1.54) is 0 Å². The van der Waals surface area contributed by atoms with Crippen LogP contribution in [0.3, 0.4) is 0 Å².